The largest absolute Gasteiger partial charge is 0.462 e. The van der Waals surface area contributed by atoms with Crippen LogP contribution in [-0.4, -0.2) is 47.9 Å². The highest BCUT2D eigenvalue weighted by Gasteiger charge is 2.21. The SMILES string of the molecule is CCOC(=O)c1cc(C(=O)OCC(=O)N(C)Cc2ccccc2Br)cc([N+](=O)[O-])c1. The van der Waals surface area contributed by atoms with E-state index in [2.05, 4.69) is 15.9 Å². The first-order valence-electron chi connectivity index (χ1n) is 8.84. The van der Waals surface area contributed by atoms with Crippen molar-refractivity contribution in [2.24, 2.45) is 0 Å². The number of carbonyl (C=O) groups is 3. The van der Waals surface area contributed by atoms with E-state index in [0.717, 1.165) is 28.2 Å². The van der Waals surface area contributed by atoms with E-state index in [1.54, 1.807) is 14.0 Å². The Hall–Kier alpha value is -3.27. The van der Waals surface area contributed by atoms with Gasteiger partial charge in [-0.05, 0) is 24.6 Å². The molecule has 9 nitrogen and oxygen atoms in total. The minimum absolute atomic E-state index is 0.0691. The van der Waals surface area contributed by atoms with E-state index in [4.69, 9.17) is 9.47 Å². The minimum atomic E-state index is -0.966. The van der Waals surface area contributed by atoms with Crippen molar-refractivity contribution in [2.45, 2.75) is 13.5 Å². The van der Waals surface area contributed by atoms with Gasteiger partial charge >= 0.3 is 11.9 Å². The molecule has 0 aliphatic heterocycles. The van der Waals surface area contributed by atoms with Gasteiger partial charge in [-0.3, -0.25) is 14.9 Å². The monoisotopic (exact) mass is 478 g/mol. The molecule has 0 N–H and O–H groups in total. The van der Waals surface area contributed by atoms with Crippen molar-refractivity contribution in [3.8, 4) is 0 Å². The lowest BCUT2D eigenvalue weighted by Gasteiger charge is -2.18. The maximum absolute atomic E-state index is 12.3. The van der Waals surface area contributed by atoms with Gasteiger partial charge in [0.15, 0.2) is 6.61 Å². The molecular formula is C20H19BrN2O7. The molecule has 0 radical (unpaired) electrons. The number of likely N-dealkylation sites (N-methyl/N-ethyl adjacent to an activating group) is 1. The fourth-order valence-corrected chi connectivity index (χ4v) is 2.87. The Morgan fingerprint density at radius 3 is 2.23 bits per heavy atom. The van der Waals surface area contributed by atoms with Gasteiger partial charge in [0.2, 0.25) is 0 Å². The van der Waals surface area contributed by atoms with Crippen LogP contribution < -0.4 is 0 Å². The molecular weight excluding hydrogens is 460 g/mol. The molecule has 0 unspecified atom stereocenters. The fourth-order valence-electron chi connectivity index (χ4n) is 2.46. The predicted molar refractivity (Wildman–Crippen MR) is 110 cm³/mol. The zero-order valence-corrected chi connectivity index (χ0v) is 17.9. The molecule has 30 heavy (non-hydrogen) atoms. The van der Waals surface area contributed by atoms with Crippen molar-refractivity contribution < 1.29 is 28.8 Å². The molecule has 1 amide bonds. The second-order valence-corrected chi connectivity index (χ2v) is 7.02. The van der Waals surface area contributed by atoms with E-state index >= 15 is 0 Å². The van der Waals surface area contributed by atoms with E-state index in [1.165, 1.54) is 4.90 Å². The van der Waals surface area contributed by atoms with Gasteiger partial charge in [0.25, 0.3) is 11.6 Å². The summed E-state index contributed by atoms with van der Waals surface area (Å²) in [6.07, 6.45) is 0. The molecule has 0 atom stereocenters. The number of esters is 2. The molecule has 0 saturated heterocycles. The summed E-state index contributed by atoms with van der Waals surface area (Å²) in [6.45, 7) is 1.39. The predicted octanol–water partition coefficient (Wildman–Crippen LogP) is 3.35. The molecule has 0 spiro atoms. The van der Waals surface area contributed by atoms with E-state index in [-0.39, 0.29) is 17.7 Å². The minimum Gasteiger partial charge on any atom is -0.462 e. The topological polar surface area (TPSA) is 116 Å². The van der Waals surface area contributed by atoms with Crippen molar-refractivity contribution in [1.82, 2.24) is 4.90 Å². The number of hydrogen-bond donors (Lipinski definition) is 0. The highest BCUT2D eigenvalue weighted by molar-refractivity contribution is 9.10. The molecule has 2 aromatic carbocycles. The lowest BCUT2D eigenvalue weighted by Crippen LogP contribution is -2.31. The molecule has 2 rings (SSSR count). The Kier molecular flexibility index (Phi) is 8.05. The average Bonchev–Trinajstić information content (AvgIpc) is 2.73. The van der Waals surface area contributed by atoms with Crippen LogP contribution in [0.1, 0.15) is 33.2 Å². The van der Waals surface area contributed by atoms with Crippen LogP contribution in [0.2, 0.25) is 0 Å². The summed E-state index contributed by atoms with van der Waals surface area (Å²) in [5.74, 6) is -2.23. The number of nitrogens with zero attached hydrogens (tertiary/aromatic N) is 2. The van der Waals surface area contributed by atoms with Gasteiger partial charge in [0.05, 0.1) is 22.7 Å². The third kappa shape index (κ3) is 6.11. The number of carbonyl (C=O) groups excluding carboxylic acids is 3. The normalized spacial score (nSPS) is 10.2. The van der Waals surface area contributed by atoms with Crippen molar-refractivity contribution in [2.75, 3.05) is 20.3 Å². The first-order valence-corrected chi connectivity index (χ1v) is 9.63. The van der Waals surface area contributed by atoms with Crippen LogP contribution in [0, 0.1) is 10.1 Å². The summed E-state index contributed by atoms with van der Waals surface area (Å²) in [5, 5.41) is 11.1. The van der Waals surface area contributed by atoms with Gasteiger partial charge in [0.1, 0.15) is 0 Å². The quantitative estimate of drug-likeness (QED) is 0.324. The summed E-state index contributed by atoms with van der Waals surface area (Å²) >= 11 is 3.40. The van der Waals surface area contributed by atoms with Crippen LogP contribution in [0.5, 0.6) is 0 Å². The summed E-state index contributed by atoms with van der Waals surface area (Å²) in [7, 11) is 1.56. The summed E-state index contributed by atoms with van der Waals surface area (Å²) < 4.78 is 10.6. The van der Waals surface area contributed by atoms with Crippen molar-refractivity contribution >= 4 is 39.5 Å². The molecule has 0 aliphatic rings. The molecule has 10 heteroatoms. The second-order valence-electron chi connectivity index (χ2n) is 6.16. The van der Waals surface area contributed by atoms with Crippen LogP contribution in [0.15, 0.2) is 46.9 Å². The van der Waals surface area contributed by atoms with Crippen molar-refractivity contribution in [1.29, 1.82) is 0 Å². The third-order valence-electron chi connectivity index (χ3n) is 3.99. The van der Waals surface area contributed by atoms with E-state index < -0.39 is 35.1 Å². The first-order chi connectivity index (χ1) is 14.2. The van der Waals surface area contributed by atoms with Gasteiger partial charge in [-0.25, -0.2) is 9.59 Å². The summed E-state index contributed by atoms with van der Waals surface area (Å²) in [5.41, 5.74) is 0.0196. The molecule has 0 saturated carbocycles. The molecule has 0 aromatic heterocycles. The summed E-state index contributed by atoms with van der Waals surface area (Å²) in [6, 6.07) is 10.5. The number of non-ortho nitro benzene ring substituents is 1. The van der Waals surface area contributed by atoms with Crippen LogP contribution in [-0.2, 0) is 20.8 Å². The van der Waals surface area contributed by atoms with Crippen molar-refractivity contribution in [3.05, 3.63) is 73.7 Å². The maximum Gasteiger partial charge on any atom is 0.338 e. The van der Waals surface area contributed by atoms with E-state index in [0.29, 0.717) is 6.54 Å². The lowest BCUT2D eigenvalue weighted by atomic mass is 10.1. The van der Waals surface area contributed by atoms with Gasteiger partial charge in [-0.1, -0.05) is 34.1 Å². The number of nitro groups is 1. The standard InChI is InChI=1S/C20H19BrN2O7/c1-3-29-19(25)14-8-15(10-16(9-14)23(27)28)20(26)30-12-18(24)22(2)11-13-6-4-5-7-17(13)21/h4-10H,3,11-12H2,1-2H3. The molecule has 0 bridgehead atoms. The number of amides is 1. The molecule has 158 valence electrons. The van der Waals surface area contributed by atoms with Crippen LogP contribution in [0.3, 0.4) is 0 Å². The Balaban J connectivity index is 2.07. The highest BCUT2D eigenvalue weighted by Crippen LogP contribution is 2.20. The molecule has 0 aliphatic carbocycles. The number of nitro benzene ring substituents is 1. The zero-order valence-electron chi connectivity index (χ0n) is 16.3. The van der Waals surface area contributed by atoms with E-state index in [9.17, 15) is 24.5 Å². The number of rotatable bonds is 8. The molecule has 2 aromatic rings. The third-order valence-corrected chi connectivity index (χ3v) is 4.77. The Morgan fingerprint density at radius 1 is 1.07 bits per heavy atom. The molecule has 0 heterocycles. The van der Waals surface area contributed by atoms with Gasteiger partial charge in [-0.2, -0.15) is 0 Å². The van der Waals surface area contributed by atoms with Crippen LogP contribution in [0.25, 0.3) is 0 Å². The maximum atomic E-state index is 12.3. The second kappa shape index (κ2) is 10.5. The van der Waals surface area contributed by atoms with Gasteiger partial charge in [0, 0.05) is 30.2 Å². The van der Waals surface area contributed by atoms with Gasteiger partial charge in [-0.15, -0.1) is 0 Å². The Bertz CT molecular complexity index is 977. The van der Waals surface area contributed by atoms with E-state index in [1.807, 2.05) is 24.3 Å². The lowest BCUT2D eigenvalue weighted by molar-refractivity contribution is -0.384. The van der Waals surface area contributed by atoms with Crippen LogP contribution >= 0.6 is 15.9 Å². The number of halogens is 1. The van der Waals surface area contributed by atoms with Gasteiger partial charge < -0.3 is 14.4 Å². The number of hydrogen-bond acceptors (Lipinski definition) is 7. The highest BCUT2D eigenvalue weighted by atomic mass is 79.9. The Labute approximate surface area is 180 Å². The number of benzene rings is 2. The summed E-state index contributed by atoms with van der Waals surface area (Å²) in [4.78, 5) is 48.2. The molecule has 0 fully saturated rings. The fraction of sp³-hybridized carbons (Fsp3) is 0.250. The number of ether oxygens (including phenoxy) is 2. The Morgan fingerprint density at radius 2 is 1.67 bits per heavy atom. The smallest absolute Gasteiger partial charge is 0.338 e. The van der Waals surface area contributed by atoms with Crippen molar-refractivity contribution in [3.63, 3.8) is 0 Å². The zero-order chi connectivity index (χ0) is 22.3. The first kappa shape index (κ1) is 23.0. The van der Waals surface area contributed by atoms with Crippen LogP contribution in [0.4, 0.5) is 5.69 Å². The average molecular weight is 479 g/mol.